The zero-order chi connectivity index (χ0) is 13.8. The van der Waals surface area contributed by atoms with Crippen molar-refractivity contribution in [3.63, 3.8) is 0 Å². The molecule has 2 N–H and O–H groups in total. The summed E-state index contributed by atoms with van der Waals surface area (Å²) in [5.74, 6) is -0.332. The van der Waals surface area contributed by atoms with E-state index in [0.29, 0.717) is 18.8 Å². The Morgan fingerprint density at radius 2 is 2.00 bits per heavy atom. The second-order valence-corrected chi connectivity index (χ2v) is 5.88. The lowest BCUT2D eigenvalue weighted by atomic mass is 10.1. The molecule has 0 spiro atoms. The largest absolute Gasteiger partial charge is 0.481 e. The van der Waals surface area contributed by atoms with Gasteiger partial charge in [0.1, 0.15) is 0 Å². The third-order valence-electron chi connectivity index (χ3n) is 4.07. The van der Waals surface area contributed by atoms with Crippen molar-refractivity contribution in [2.24, 2.45) is 11.8 Å². The van der Waals surface area contributed by atoms with Crippen LogP contribution in [0.1, 0.15) is 45.4 Å². The van der Waals surface area contributed by atoms with E-state index in [2.05, 4.69) is 12.2 Å². The number of carboxylic acids is 1. The molecule has 2 saturated carbocycles. The first-order chi connectivity index (χ1) is 9.10. The Labute approximate surface area is 114 Å². The Balaban J connectivity index is 1.79. The van der Waals surface area contributed by atoms with E-state index < -0.39 is 5.97 Å². The van der Waals surface area contributed by atoms with Crippen LogP contribution in [-0.2, 0) is 4.79 Å². The summed E-state index contributed by atoms with van der Waals surface area (Å²) in [6.45, 7) is 3.72. The summed E-state index contributed by atoms with van der Waals surface area (Å²) in [7, 11) is 0. The van der Waals surface area contributed by atoms with Crippen molar-refractivity contribution in [1.82, 2.24) is 10.2 Å². The fourth-order valence-electron chi connectivity index (χ4n) is 2.76. The molecule has 2 rings (SSSR count). The monoisotopic (exact) mass is 268 g/mol. The van der Waals surface area contributed by atoms with Crippen LogP contribution in [0.2, 0.25) is 0 Å². The predicted octanol–water partition coefficient (Wildman–Crippen LogP) is 2.07. The Bertz CT molecular complexity index is 342. The van der Waals surface area contributed by atoms with Crippen molar-refractivity contribution in [2.45, 2.75) is 51.5 Å². The number of hydrogen-bond donors (Lipinski definition) is 2. The predicted molar refractivity (Wildman–Crippen MR) is 71.9 cm³/mol. The maximum Gasteiger partial charge on any atom is 0.317 e. The maximum absolute atomic E-state index is 12.2. The summed E-state index contributed by atoms with van der Waals surface area (Å²) in [4.78, 5) is 25.0. The molecule has 0 aromatic rings. The lowest BCUT2D eigenvalue weighted by Gasteiger charge is -2.24. The fourth-order valence-corrected chi connectivity index (χ4v) is 2.76. The van der Waals surface area contributed by atoms with Crippen LogP contribution in [0.15, 0.2) is 0 Å². The van der Waals surface area contributed by atoms with Gasteiger partial charge in [-0.2, -0.15) is 0 Å². The Hall–Kier alpha value is -1.26. The standard InChI is InChI=1S/C14H24N2O3/c1-2-7-16(9-10-3-4-10)14(19)15-12-6-5-11(8-12)13(17)18/h10-12H,2-9H2,1H3,(H,15,19)(H,17,18). The second-order valence-electron chi connectivity index (χ2n) is 5.88. The molecule has 2 amide bonds. The van der Waals surface area contributed by atoms with Crippen molar-refractivity contribution in [2.75, 3.05) is 13.1 Å². The molecule has 0 radical (unpaired) electrons. The van der Waals surface area contributed by atoms with Crippen LogP contribution in [-0.4, -0.2) is 41.1 Å². The number of carbonyl (C=O) groups is 2. The van der Waals surface area contributed by atoms with Gasteiger partial charge < -0.3 is 15.3 Å². The van der Waals surface area contributed by atoms with Gasteiger partial charge in [0.05, 0.1) is 5.92 Å². The quantitative estimate of drug-likeness (QED) is 0.774. The van der Waals surface area contributed by atoms with Crippen LogP contribution in [0.5, 0.6) is 0 Å². The second kappa shape index (κ2) is 6.26. The van der Waals surface area contributed by atoms with E-state index in [1.165, 1.54) is 12.8 Å². The van der Waals surface area contributed by atoms with Gasteiger partial charge in [0, 0.05) is 19.1 Å². The molecule has 5 heteroatoms. The first-order valence-electron chi connectivity index (χ1n) is 7.38. The summed E-state index contributed by atoms with van der Waals surface area (Å²) < 4.78 is 0. The molecule has 19 heavy (non-hydrogen) atoms. The molecule has 5 nitrogen and oxygen atoms in total. The lowest BCUT2D eigenvalue weighted by molar-refractivity contribution is -0.141. The fraction of sp³-hybridized carbons (Fsp3) is 0.857. The van der Waals surface area contributed by atoms with Crippen LogP contribution in [0, 0.1) is 11.8 Å². The number of hydrogen-bond acceptors (Lipinski definition) is 2. The summed E-state index contributed by atoms with van der Waals surface area (Å²) in [5.41, 5.74) is 0. The minimum absolute atomic E-state index is 0.00945. The number of nitrogens with zero attached hydrogens (tertiary/aromatic N) is 1. The molecule has 2 aliphatic rings. The summed E-state index contributed by atoms with van der Waals surface area (Å²) in [5, 5.41) is 12.0. The van der Waals surface area contributed by atoms with Crippen molar-refractivity contribution in [3.8, 4) is 0 Å². The molecular formula is C14H24N2O3. The molecular weight excluding hydrogens is 244 g/mol. The minimum atomic E-state index is -0.736. The van der Waals surface area contributed by atoms with Crippen LogP contribution < -0.4 is 5.32 Å². The molecule has 0 saturated heterocycles. The Morgan fingerprint density at radius 3 is 2.53 bits per heavy atom. The Kier molecular flexibility index (Phi) is 4.66. The highest BCUT2D eigenvalue weighted by Gasteiger charge is 2.32. The third kappa shape index (κ3) is 4.11. The number of amides is 2. The van der Waals surface area contributed by atoms with Gasteiger partial charge in [-0.1, -0.05) is 6.92 Å². The van der Waals surface area contributed by atoms with Crippen molar-refractivity contribution < 1.29 is 14.7 Å². The number of carboxylic acid groups (broad SMARTS) is 1. The van der Waals surface area contributed by atoms with Gasteiger partial charge in [-0.3, -0.25) is 4.79 Å². The molecule has 0 aromatic carbocycles. The summed E-state index contributed by atoms with van der Waals surface area (Å²) in [6.07, 6.45) is 5.46. The van der Waals surface area contributed by atoms with E-state index in [0.717, 1.165) is 25.9 Å². The van der Waals surface area contributed by atoms with E-state index in [4.69, 9.17) is 5.11 Å². The van der Waals surface area contributed by atoms with E-state index in [9.17, 15) is 9.59 Å². The van der Waals surface area contributed by atoms with Gasteiger partial charge >= 0.3 is 12.0 Å². The van der Waals surface area contributed by atoms with Gasteiger partial charge in [-0.25, -0.2) is 4.79 Å². The number of rotatable bonds is 6. The van der Waals surface area contributed by atoms with Gasteiger partial charge in [-0.05, 0) is 44.4 Å². The Morgan fingerprint density at radius 1 is 1.26 bits per heavy atom. The highest BCUT2D eigenvalue weighted by Crippen LogP contribution is 2.30. The molecule has 2 atom stereocenters. The van der Waals surface area contributed by atoms with Crippen LogP contribution in [0.3, 0.4) is 0 Å². The van der Waals surface area contributed by atoms with E-state index in [-0.39, 0.29) is 18.0 Å². The maximum atomic E-state index is 12.2. The minimum Gasteiger partial charge on any atom is -0.481 e. The summed E-state index contributed by atoms with van der Waals surface area (Å²) in [6, 6.07) is 0.0250. The topological polar surface area (TPSA) is 69.6 Å². The third-order valence-corrected chi connectivity index (χ3v) is 4.07. The zero-order valence-electron chi connectivity index (χ0n) is 11.6. The average Bonchev–Trinajstić information content (AvgIpc) is 3.05. The van der Waals surface area contributed by atoms with Crippen molar-refractivity contribution >= 4 is 12.0 Å². The first kappa shape index (κ1) is 14.2. The average molecular weight is 268 g/mol. The molecule has 0 bridgehead atoms. The molecule has 0 heterocycles. The zero-order valence-corrected chi connectivity index (χ0v) is 11.6. The van der Waals surface area contributed by atoms with E-state index >= 15 is 0 Å². The van der Waals surface area contributed by atoms with Crippen molar-refractivity contribution in [1.29, 1.82) is 0 Å². The van der Waals surface area contributed by atoms with E-state index in [1.807, 2.05) is 4.90 Å². The van der Waals surface area contributed by atoms with Gasteiger partial charge in [-0.15, -0.1) is 0 Å². The number of nitrogens with one attached hydrogen (secondary N) is 1. The smallest absolute Gasteiger partial charge is 0.317 e. The molecule has 0 aliphatic heterocycles. The van der Waals surface area contributed by atoms with Gasteiger partial charge in [0.25, 0.3) is 0 Å². The van der Waals surface area contributed by atoms with Crippen LogP contribution in [0.4, 0.5) is 4.79 Å². The highest BCUT2D eigenvalue weighted by molar-refractivity contribution is 5.75. The summed E-state index contributed by atoms with van der Waals surface area (Å²) >= 11 is 0. The molecule has 108 valence electrons. The van der Waals surface area contributed by atoms with E-state index in [1.54, 1.807) is 0 Å². The molecule has 2 fully saturated rings. The number of aliphatic carboxylic acids is 1. The van der Waals surface area contributed by atoms with Crippen LogP contribution >= 0.6 is 0 Å². The van der Waals surface area contributed by atoms with Crippen LogP contribution in [0.25, 0.3) is 0 Å². The van der Waals surface area contributed by atoms with Gasteiger partial charge in [0.2, 0.25) is 0 Å². The number of urea groups is 1. The van der Waals surface area contributed by atoms with Gasteiger partial charge in [0.15, 0.2) is 0 Å². The molecule has 0 aromatic heterocycles. The molecule has 2 aliphatic carbocycles. The first-order valence-corrected chi connectivity index (χ1v) is 7.38. The highest BCUT2D eigenvalue weighted by atomic mass is 16.4. The number of carbonyl (C=O) groups excluding carboxylic acids is 1. The molecule has 2 unspecified atom stereocenters. The van der Waals surface area contributed by atoms with Crippen molar-refractivity contribution in [3.05, 3.63) is 0 Å². The lowest BCUT2D eigenvalue weighted by Crippen LogP contribution is -2.45. The SMILES string of the molecule is CCCN(CC1CC1)C(=O)NC1CCC(C(=O)O)C1. The normalized spacial score (nSPS) is 26.2.